The predicted molar refractivity (Wildman–Crippen MR) is 73.3 cm³/mol. The van der Waals surface area contributed by atoms with Crippen molar-refractivity contribution in [1.29, 1.82) is 0 Å². The van der Waals surface area contributed by atoms with Crippen LogP contribution in [0.4, 0.5) is 18.9 Å². The van der Waals surface area contributed by atoms with Gasteiger partial charge in [-0.1, -0.05) is 28.1 Å². The maximum Gasteiger partial charge on any atom is 0.418 e. The quantitative estimate of drug-likeness (QED) is 0.610. The van der Waals surface area contributed by atoms with Crippen LogP contribution >= 0.6 is 15.9 Å². The molecule has 0 unspecified atom stereocenters. The van der Waals surface area contributed by atoms with Crippen molar-refractivity contribution in [2.24, 2.45) is 0 Å². The highest BCUT2D eigenvalue weighted by molar-refractivity contribution is 9.10. The number of hydrogen-bond acceptors (Lipinski definition) is 2. The second kappa shape index (κ2) is 6.96. The Kier molecular flexibility index (Phi) is 5.87. The molecule has 0 saturated heterocycles. The van der Waals surface area contributed by atoms with Crippen molar-refractivity contribution in [2.45, 2.75) is 13.1 Å². The lowest BCUT2D eigenvalue weighted by Gasteiger charge is -2.15. The van der Waals surface area contributed by atoms with Gasteiger partial charge in [0.15, 0.2) is 0 Å². The first kappa shape index (κ1) is 16.0. The molecule has 1 aromatic rings. The van der Waals surface area contributed by atoms with E-state index in [9.17, 15) is 13.2 Å². The van der Waals surface area contributed by atoms with Gasteiger partial charge in [-0.2, -0.15) is 13.2 Å². The summed E-state index contributed by atoms with van der Waals surface area (Å²) in [5.41, 5.74) is 0.231. The van der Waals surface area contributed by atoms with Crippen molar-refractivity contribution in [1.82, 2.24) is 0 Å². The number of hydrogen-bond donors (Lipinski definition) is 1. The zero-order valence-electron chi connectivity index (χ0n) is 10.5. The summed E-state index contributed by atoms with van der Waals surface area (Å²) in [5, 5.41) is 2.73. The molecule has 0 bridgehead atoms. The molecule has 0 aliphatic heterocycles. The molecule has 19 heavy (non-hydrogen) atoms. The Morgan fingerprint density at radius 2 is 2.11 bits per heavy atom. The average Bonchev–Trinajstić information content (AvgIpc) is 2.26. The number of anilines is 1. The molecule has 0 spiro atoms. The first-order valence-corrected chi connectivity index (χ1v) is 6.42. The van der Waals surface area contributed by atoms with Gasteiger partial charge in [-0.05, 0) is 25.1 Å². The molecule has 0 radical (unpaired) electrons. The second-order valence-corrected chi connectivity index (χ2v) is 5.04. The van der Waals surface area contributed by atoms with Crippen LogP contribution in [0.2, 0.25) is 0 Å². The summed E-state index contributed by atoms with van der Waals surface area (Å²) in [6.45, 7) is 6.52. The summed E-state index contributed by atoms with van der Waals surface area (Å²) in [6, 6.07) is 3.81. The number of rotatable bonds is 6. The zero-order valence-corrected chi connectivity index (χ0v) is 12.1. The minimum atomic E-state index is -4.37. The van der Waals surface area contributed by atoms with Crippen molar-refractivity contribution in [3.63, 3.8) is 0 Å². The van der Waals surface area contributed by atoms with Crippen molar-refractivity contribution < 1.29 is 17.9 Å². The van der Waals surface area contributed by atoms with Gasteiger partial charge in [-0.15, -0.1) is 0 Å². The first-order valence-electron chi connectivity index (χ1n) is 5.63. The number of nitrogens with one attached hydrogen (secondary N) is 1. The zero-order chi connectivity index (χ0) is 14.5. The van der Waals surface area contributed by atoms with E-state index in [1.165, 1.54) is 12.1 Å². The van der Waals surface area contributed by atoms with Crippen LogP contribution in [0.15, 0.2) is 34.8 Å². The van der Waals surface area contributed by atoms with Crippen molar-refractivity contribution in [3.05, 3.63) is 40.4 Å². The van der Waals surface area contributed by atoms with E-state index in [0.717, 1.165) is 11.6 Å². The summed E-state index contributed by atoms with van der Waals surface area (Å²) < 4.78 is 44.1. The Balaban J connectivity index is 2.61. The average molecular weight is 338 g/mol. The normalized spacial score (nSPS) is 11.4. The maximum absolute atomic E-state index is 12.8. The van der Waals surface area contributed by atoms with Crippen LogP contribution in [-0.2, 0) is 10.9 Å². The lowest BCUT2D eigenvalue weighted by molar-refractivity contribution is -0.137. The standard InChI is InChI=1S/C13H15BrF3NO/c1-9(2)8-19-6-5-18-12-7-10(14)3-4-11(12)13(15,16)17/h3-4,7,18H,1,5-6,8H2,2H3. The van der Waals surface area contributed by atoms with E-state index >= 15 is 0 Å². The van der Waals surface area contributed by atoms with E-state index in [1.54, 1.807) is 0 Å². The summed E-state index contributed by atoms with van der Waals surface area (Å²) in [4.78, 5) is 0. The summed E-state index contributed by atoms with van der Waals surface area (Å²) in [6.07, 6.45) is -4.37. The van der Waals surface area contributed by atoms with Gasteiger partial charge in [0.25, 0.3) is 0 Å². The molecule has 0 atom stereocenters. The van der Waals surface area contributed by atoms with E-state index in [0.29, 0.717) is 24.2 Å². The molecule has 0 saturated carbocycles. The Bertz CT molecular complexity index is 446. The molecule has 0 fully saturated rings. The second-order valence-electron chi connectivity index (χ2n) is 4.12. The van der Waals surface area contributed by atoms with Crippen molar-refractivity contribution in [2.75, 3.05) is 25.1 Å². The third-order valence-corrected chi connectivity index (χ3v) is 2.69. The fourth-order valence-electron chi connectivity index (χ4n) is 1.41. The molecule has 0 heterocycles. The van der Waals surface area contributed by atoms with Crippen LogP contribution in [0.3, 0.4) is 0 Å². The molecule has 2 nitrogen and oxygen atoms in total. The molecule has 0 aliphatic carbocycles. The maximum atomic E-state index is 12.8. The van der Waals surface area contributed by atoms with Crippen LogP contribution in [0.5, 0.6) is 0 Å². The molecule has 0 aromatic heterocycles. The highest BCUT2D eigenvalue weighted by Gasteiger charge is 2.33. The lowest BCUT2D eigenvalue weighted by atomic mass is 10.1. The Morgan fingerprint density at radius 3 is 2.68 bits per heavy atom. The highest BCUT2D eigenvalue weighted by atomic mass is 79.9. The van der Waals surface area contributed by atoms with Crippen molar-refractivity contribution in [3.8, 4) is 0 Å². The highest BCUT2D eigenvalue weighted by Crippen LogP contribution is 2.36. The molecule has 1 N–H and O–H groups in total. The van der Waals surface area contributed by atoms with Crippen LogP contribution in [0, 0.1) is 0 Å². The third-order valence-electron chi connectivity index (χ3n) is 2.20. The third kappa shape index (κ3) is 5.65. The summed E-state index contributed by atoms with van der Waals surface area (Å²) in [7, 11) is 0. The van der Waals surface area contributed by atoms with Gasteiger partial charge in [0.2, 0.25) is 0 Å². The molecule has 1 rings (SSSR count). The van der Waals surface area contributed by atoms with Crippen LogP contribution in [0.1, 0.15) is 12.5 Å². The fourth-order valence-corrected chi connectivity index (χ4v) is 1.78. The van der Waals surface area contributed by atoms with Crippen LogP contribution < -0.4 is 5.32 Å². The Labute approximate surface area is 118 Å². The number of halogens is 4. The van der Waals surface area contributed by atoms with Crippen LogP contribution in [-0.4, -0.2) is 19.8 Å². The molecular formula is C13H15BrF3NO. The molecular weight excluding hydrogens is 323 g/mol. The summed E-state index contributed by atoms with van der Waals surface area (Å²) in [5.74, 6) is 0. The van der Waals surface area contributed by atoms with Gasteiger partial charge in [-0.3, -0.25) is 0 Å². The first-order chi connectivity index (χ1) is 8.80. The van der Waals surface area contributed by atoms with Gasteiger partial charge in [0, 0.05) is 16.7 Å². The van der Waals surface area contributed by atoms with Gasteiger partial charge in [-0.25, -0.2) is 0 Å². The predicted octanol–water partition coefficient (Wildman–Crippen LogP) is 4.47. The Morgan fingerprint density at radius 1 is 1.42 bits per heavy atom. The van der Waals surface area contributed by atoms with Gasteiger partial charge >= 0.3 is 6.18 Å². The lowest BCUT2D eigenvalue weighted by Crippen LogP contribution is -2.15. The van der Waals surface area contributed by atoms with Gasteiger partial charge < -0.3 is 10.1 Å². The molecule has 1 aromatic carbocycles. The minimum absolute atomic E-state index is 0.0424. The number of benzene rings is 1. The number of alkyl halides is 3. The van der Waals surface area contributed by atoms with Gasteiger partial charge in [0.05, 0.1) is 18.8 Å². The van der Waals surface area contributed by atoms with Crippen molar-refractivity contribution >= 4 is 21.6 Å². The van der Waals surface area contributed by atoms with E-state index in [1.807, 2.05) is 6.92 Å². The van der Waals surface area contributed by atoms with E-state index in [-0.39, 0.29) is 5.69 Å². The largest absolute Gasteiger partial charge is 0.418 e. The van der Waals surface area contributed by atoms with Crippen LogP contribution in [0.25, 0.3) is 0 Å². The van der Waals surface area contributed by atoms with E-state index in [2.05, 4.69) is 27.8 Å². The smallest absolute Gasteiger partial charge is 0.382 e. The molecule has 6 heteroatoms. The SMILES string of the molecule is C=C(C)COCCNc1cc(Br)ccc1C(F)(F)F. The fraction of sp³-hybridized carbons (Fsp3) is 0.385. The molecule has 0 amide bonds. The minimum Gasteiger partial charge on any atom is -0.382 e. The van der Waals surface area contributed by atoms with E-state index in [4.69, 9.17) is 4.74 Å². The Hall–Kier alpha value is -1.01. The topological polar surface area (TPSA) is 21.3 Å². The van der Waals surface area contributed by atoms with E-state index < -0.39 is 11.7 Å². The summed E-state index contributed by atoms with van der Waals surface area (Å²) >= 11 is 3.15. The molecule has 0 aliphatic rings. The van der Waals surface area contributed by atoms with Gasteiger partial charge in [0.1, 0.15) is 0 Å². The molecule has 106 valence electrons. The number of ether oxygens (including phenoxy) is 1. The monoisotopic (exact) mass is 337 g/mol.